The van der Waals surface area contributed by atoms with Crippen LogP contribution in [-0.2, 0) is 13.0 Å². The summed E-state index contributed by atoms with van der Waals surface area (Å²) in [4.78, 5) is 26.7. The summed E-state index contributed by atoms with van der Waals surface area (Å²) in [5.41, 5.74) is 3.09. The Bertz CT molecular complexity index is 889. The van der Waals surface area contributed by atoms with E-state index in [1.807, 2.05) is 12.1 Å². The lowest BCUT2D eigenvalue weighted by molar-refractivity contribution is 0.0731. The highest BCUT2D eigenvalue weighted by Gasteiger charge is 2.27. The Morgan fingerprint density at radius 2 is 1.80 bits per heavy atom. The van der Waals surface area contributed by atoms with Gasteiger partial charge in [0.1, 0.15) is 5.56 Å². The van der Waals surface area contributed by atoms with Crippen LogP contribution in [0.4, 0.5) is 0 Å². The summed E-state index contributed by atoms with van der Waals surface area (Å²) in [6.07, 6.45) is 0.697. The molecule has 1 aromatic heterocycles. The Morgan fingerprint density at radius 1 is 1.16 bits per heavy atom. The average molecular weight is 343 g/mol. The second-order valence-electron chi connectivity index (χ2n) is 6.09. The van der Waals surface area contributed by atoms with Gasteiger partial charge in [-0.1, -0.05) is 0 Å². The fraction of sp³-hybridized carbons (Fsp3) is 0.389. The first-order valence-electron chi connectivity index (χ1n) is 8.05. The molecule has 0 bridgehead atoms. The van der Waals surface area contributed by atoms with Crippen LogP contribution in [0.3, 0.4) is 0 Å². The number of aromatic nitrogens is 2. The minimum absolute atomic E-state index is 0.163. The van der Waals surface area contributed by atoms with Gasteiger partial charge in [0, 0.05) is 13.1 Å². The van der Waals surface area contributed by atoms with Gasteiger partial charge in [-0.2, -0.15) is 5.10 Å². The molecule has 1 aromatic carbocycles. The van der Waals surface area contributed by atoms with Crippen molar-refractivity contribution in [3.8, 4) is 11.5 Å². The number of aryl methyl sites for hydroxylation is 1. The summed E-state index contributed by atoms with van der Waals surface area (Å²) in [5, 5.41) is 6.30. The van der Waals surface area contributed by atoms with E-state index in [1.165, 1.54) is 0 Å². The number of amides is 1. The van der Waals surface area contributed by atoms with Gasteiger partial charge in [-0.05, 0) is 49.1 Å². The molecule has 7 heteroatoms. The molecule has 1 aliphatic rings. The molecule has 0 aliphatic carbocycles. The maximum atomic E-state index is 12.9. The molecule has 0 spiro atoms. The molecule has 3 rings (SSSR count). The fourth-order valence-corrected chi connectivity index (χ4v) is 3.10. The number of nitrogens with zero attached hydrogens (tertiary/aromatic N) is 2. The molecule has 0 fully saturated rings. The van der Waals surface area contributed by atoms with Crippen LogP contribution < -0.4 is 15.0 Å². The smallest absolute Gasteiger partial charge is 0.277 e. The Labute approximate surface area is 145 Å². The molecule has 7 nitrogen and oxygen atoms in total. The lowest BCUT2D eigenvalue weighted by Crippen LogP contribution is -2.39. The second-order valence-corrected chi connectivity index (χ2v) is 6.09. The number of ether oxygens (including phenoxy) is 2. The molecule has 132 valence electrons. The fourth-order valence-electron chi connectivity index (χ4n) is 3.10. The minimum atomic E-state index is -0.453. The lowest BCUT2D eigenvalue weighted by Gasteiger charge is -2.30. The van der Waals surface area contributed by atoms with Gasteiger partial charge >= 0.3 is 0 Å². The third-order valence-corrected chi connectivity index (χ3v) is 4.69. The van der Waals surface area contributed by atoms with Crippen LogP contribution in [0.15, 0.2) is 16.9 Å². The molecule has 1 amide bonds. The van der Waals surface area contributed by atoms with E-state index >= 15 is 0 Å². The minimum Gasteiger partial charge on any atom is -0.493 e. The molecular formula is C18H21N3O4. The number of methoxy groups -OCH3 is 2. The van der Waals surface area contributed by atoms with E-state index in [9.17, 15) is 9.59 Å². The number of aromatic amines is 1. The zero-order chi connectivity index (χ0) is 18.1. The van der Waals surface area contributed by atoms with E-state index in [0.29, 0.717) is 42.3 Å². The third-order valence-electron chi connectivity index (χ3n) is 4.69. The second kappa shape index (κ2) is 6.58. The predicted molar refractivity (Wildman–Crippen MR) is 92.3 cm³/mol. The molecule has 2 aromatic rings. The highest BCUT2D eigenvalue weighted by Crippen LogP contribution is 2.33. The van der Waals surface area contributed by atoms with Crippen LogP contribution in [0.5, 0.6) is 11.5 Å². The molecule has 0 unspecified atom stereocenters. The van der Waals surface area contributed by atoms with Crippen molar-refractivity contribution in [1.29, 1.82) is 0 Å². The van der Waals surface area contributed by atoms with Crippen molar-refractivity contribution in [3.05, 3.63) is 50.4 Å². The van der Waals surface area contributed by atoms with Crippen molar-refractivity contribution >= 4 is 5.91 Å². The summed E-state index contributed by atoms with van der Waals surface area (Å²) in [6.45, 7) is 4.48. The van der Waals surface area contributed by atoms with Gasteiger partial charge in [0.15, 0.2) is 11.5 Å². The molecule has 1 aliphatic heterocycles. The summed E-state index contributed by atoms with van der Waals surface area (Å²) in [5.74, 6) is 1.03. The van der Waals surface area contributed by atoms with Crippen LogP contribution >= 0.6 is 0 Å². The maximum absolute atomic E-state index is 12.9. The molecule has 0 atom stereocenters. The van der Waals surface area contributed by atoms with Crippen LogP contribution in [0.25, 0.3) is 0 Å². The zero-order valence-electron chi connectivity index (χ0n) is 14.8. The highest BCUT2D eigenvalue weighted by molar-refractivity contribution is 5.95. The quantitative estimate of drug-likeness (QED) is 0.915. The van der Waals surface area contributed by atoms with Gasteiger partial charge in [0.2, 0.25) is 0 Å². The molecule has 0 radical (unpaired) electrons. The molecule has 1 N–H and O–H groups in total. The number of benzene rings is 1. The normalized spacial score (nSPS) is 13.4. The first-order valence-corrected chi connectivity index (χ1v) is 8.05. The van der Waals surface area contributed by atoms with E-state index in [1.54, 1.807) is 33.0 Å². The summed E-state index contributed by atoms with van der Waals surface area (Å²) in [7, 11) is 3.18. The van der Waals surface area contributed by atoms with Gasteiger partial charge in [-0.3, -0.25) is 9.59 Å². The van der Waals surface area contributed by atoms with Gasteiger partial charge in [-0.15, -0.1) is 0 Å². The summed E-state index contributed by atoms with van der Waals surface area (Å²) < 4.78 is 10.7. The number of nitrogens with one attached hydrogen (secondary N) is 1. The number of hydrogen-bond donors (Lipinski definition) is 1. The van der Waals surface area contributed by atoms with Crippen molar-refractivity contribution in [3.63, 3.8) is 0 Å². The summed E-state index contributed by atoms with van der Waals surface area (Å²) >= 11 is 0. The first-order chi connectivity index (χ1) is 12.0. The molecule has 25 heavy (non-hydrogen) atoms. The maximum Gasteiger partial charge on any atom is 0.277 e. The molecular weight excluding hydrogens is 322 g/mol. The van der Waals surface area contributed by atoms with Gasteiger partial charge in [0.05, 0.1) is 19.9 Å². The van der Waals surface area contributed by atoms with Crippen molar-refractivity contribution in [1.82, 2.24) is 15.1 Å². The standard InChI is InChI=1S/C18H21N3O4/c1-10-11(2)19-20-17(22)16(10)18(23)21-6-5-12-7-14(24-3)15(25-4)8-13(12)9-21/h7-8H,5-6,9H2,1-4H3,(H,20,22). The SMILES string of the molecule is COc1cc2c(cc1OC)CN(C(=O)c1c(C)c(C)n[nH]c1=O)CC2. The number of carbonyl (C=O) groups excluding carboxylic acids is 1. The predicted octanol–water partition coefficient (Wildman–Crippen LogP) is 1.60. The number of carbonyl (C=O) groups is 1. The largest absolute Gasteiger partial charge is 0.493 e. The number of H-pyrrole nitrogens is 1. The lowest BCUT2D eigenvalue weighted by atomic mass is 9.97. The van der Waals surface area contributed by atoms with E-state index in [4.69, 9.17) is 9.47 Å². The number of fused-ring (bicyclic) bond motifs is 1. The van der Waals surface area contributed by atoms with Crippen LogP contribution in [0, 0.1) is 13.8 Å². The topological polar surface area (TPSA) is 84.5 Å². The Morgan fingerprint density at radius 3 is 2.44 bits per heavy atom. The average Bonchev–Trinajstić information content (AvgIpc) is 2.63. The summed E-state index contributed by atoms with van der Waals surface area (Å²) in [6, 6.07) is 3.84. The first kappa shape index (κ1) is 17.0. The van der Waals surface area contributed by atoms with Crippen molar-refractivity contribution in [2.45, 2.75) is 26.8 Å². The van der Waals surface area contributed by atoms with Gasteiger partial charge < -0.3 is 14.4 Å². The van der Waals surface area contributed by atoms with Crippen LogP contribution in [0.2, 0.25) is 0 Å². The molecule has 0 saturated carbocycles. The van der Waals surface area contributed by atoms with Crippen LogP contribution in [-0.4, -0.2) is 41.8 Å². The molecule has 2 heterocycles. The highest BCUT2D eigenvalue weighted by atomic mass is 16.5. The van der Waals surface area contributed by atoms with Gasteiger partial charge in [0.25, 0.3) is 11.5 Å². The van der Waals surface area contributed by atoms with Crippen molar-refractivity contribution in [2.24, 2.45) is 0 Å². The van der Waals surface area contributed by atoms with E-state index in [-0.39, 0.29) is 11.5 Å². The third kappa shape index (κ3) is 2.97. The Balaban J connectivity index is 1.94. The van der Waals surface area contributed by atoms with E-state index in [2.05, 4.69) is 10.2 Å². The number of rotatable bonds is 3. The Hall–Kier alpha value is -2.83. The van der Waals surface area contributed by atoms with Crippen molar-refractivity contribution < 1.29 is 14.3 Å². The van der Waals surface area contributed by atoms with Gasteiger partial charge in [-0.25, -0.2) is 5.10 Å². The van der Waals surface area contributed by atoms with E-state index < -0.39 is 5.56 Å². The monoisotopic (exact) mass is 343 g/mol. The van der Waals surface area contributed by atoms with Crippen molar-refractivity contribution in [2.75, 3.05) is 20.8 Å². The zero-order valence-corrected chi connectivity index (χ0v) is 14.8. The Kier molecular flexibility index (Phi) is 4.48. The van der Waals surface area contributed by atoms with Crippen LogP contribution in [0.1, 0.15) is 32.7 Å². The van der Waals surface area contributed by atoms with E-state index in [0.717, 1.165) is 11.1 Å². The number of hydrogen-bond acceptors (Lipinski definition) is 5. The molecule has 0 saturated heterocycles.